The highest BCUT2D eigenvalue weighted by atomic mass is 32.1. The number of rotatable bonds is 4. The summed E-state index contributed by atoms with van der Waals surface area (Å²) >= 11 is 1.59. The number of aliphatic hydroxyl groups is 1. The molecule has 0 saturated heterocycles. The van der Waals surface area contributed by atoms with E-state index in [9.17, 15) is 5.11 Å². The maximum absolute atomic E-state index is 9.40. The quantitative estimate of drug-likeness (QED) is 0.771. The van der Waals surface area contributed by atoms with Crippen LogP contribution in [0.4, 0.5) is 0 Å². The highest BCUT2D eigenvalue weighted by molar-refractivity contribution is 7.09. The van der Waals surface area contributed by atoms with E-state index >= 15 is 0 Å². The molecule has 0 aliphatic rings. The van der Waals surface area contributed by atoms with E-state index < -0.39 is 6.10 Å². The Bertz CT molecular complexity index is 260. The second kappa shape index (κ2) is 4.69. The molecule has 13 heavy (non-hydrogen) atoms. The van der Waals surface area contributed by atoms with Crippen molar-refractivity contribution in [2.45, 2.75) is 26.4 Å². The predicted octanol–water partition coefficient (Wildman–Crippen LogP) is 1.33. The highest BCUT2D eigenvalue weighted by Crippen LogP contribution is 2.18. The zero-order valence-corrected chi connectivity index (χ0v) is 8.84. The molecule has 0 aliphatic heterocycles. The lowest BCUT2D eigenvalue weighted by Gasteiger charge is -2.02. The standard InChI is InChI=1S/C9H16N2OS/c1-6(2)3-9-11-7(5-13-9)8(12)4-10/h5-6,8,12H,3-4,10H2,1-2H3. The average molecular weight is 200 g/mol. The fourth-order valence-corrected chi connectivity index (χ4v) is 2.10. The Labute approximate surface area is 82.6 Å². The van der Waals surface area contributed by atoms with Gasteiger partial charge in [-0.25, -0.2) is 4.98 Å². The molecule has 1 aromatic heterocycles. The Balaban J connectivity index is 2.63. The van der Waals surface area contributed by atoms with Gasteiger partial charge in [0.25, 0.3) is 0 Å². The van der Waals surface area contributed by atoms with Gasteiger partial charge in [-0.2, -0.15) is 0 Å². The molecule has 1 rings (SSSR count). The molecule has 3 N–H and O–H groups in total. The van der Waals surface area contributed by atoms with Crippen LogP contribution in [-0.2, 0) is 6.42 Å². The monoisotopic (exact) mass is 200 g/mol. The van der Waals surface area contributed by atoms with Crippen molar-refractivity contribution in [1.82, 2.24) is 4.98 Å². The number of aromatic nitrogens is 1. The fourth-order valence-electron chi connectivity index (χ4n) is 1.04. The number of nitrogens with two attached hydrogens (primary N) is 1. The number of aliphatic hydroxyl groups excluding tert-OH is 1. The second-order valence-corrected chi connectivity index (χ2v) is 4.46. The summed E-state index contributed by atoms with van der Waals surface area (Å²) in [4.78, 5) is 4.31. The molecule has 0 aliphatic carbocycles. The smallest absolute Gasteiger partial charge is 0.109 e. The first kappa shape index (κ1) is 10.6. The lowest BCUT2D eigenvalue weighted by molar-refractivity contribution is 0.182. The second-order valence-electron chi connectivity index (χ2n) is 3.52. The van der Waals surface area contributed by atoms with Crippen LogP contribution in [0.2, 0.25) is 0 Å². The minimum absolute atomic E-state index is 0.241. The van der Waals surface area contributed by atoms with Gasteiger partial charge in [-0.1, -0.05) is 13.8 Å². The third kappa shape index (κ3) is 3.06. The van der Waals surface area contributed by atoms with E-state index in [4.69, 9.17) is 5.73 Å². The van der Waals surface area contributed by atoms with E-state index in [2.05, 4.69) is 18.8 Å². The van der Waals surface area contributed by atoms with Crippen molar-refractivity contribution in [1.29, 1.82) is 0 Å². The zero-order chi connectivity index (χ0) is 9.84. The van der Waals surface area contributed by atoms with E-state index in [1.807, 2.05) is 5.38 Å². The highest BCUT2D eigenvalue weighted by Gasteiger charge is 2.10. The Morgan fingerprint density at radius 3 is 2.85 bits per heavy atom. The van der Waals surface area contributed by atoms with Crippen LogP contribution in [0.25, 0.3) is 0 Å². The summed E-state index contributed by atoms with van der Waals surface area (Å²) in [5, 5.41) is 12.4. The molecule has 74 valence electrons. The van der Waals surface area contributed by atoms with E-state index in [0.29, 0.717) is 11.6 Å². The SMILES string of the molecule is CC(C)Cc1nc(C(O)CN)cs1. The van der Waals surface area contributed by atoms with Crippen molar-refractivity contribution in [3.8, 4) is 0 Å². The summed E-state index contributed by atoms with van der Waals surface area (Å²) in [6.07, 6.45) is 0.374. The fraction of sp³-hybridized carbons (Fsp3) is 0.667. The topological polar surface area (TPSA) is 59.1 Å². The van der Waals surface area contributed by atoms with Gasteiger partial charge in [-0.15, -0.1) is 11.3 Å². The molecule has 1 heterocycles. The Hall–Kier alpha value is -0.450. The van der Waals surface area contributed by atoms with Crippen LogP contribution in [0, 0.1) is 5.92 Å². The van der Waals surface area contributed by atoms with Crippen LogP contribution in [0.15, 0.2) is 5.38 Å². The molecule has 0 amide bonds. The molecule has 1 aromatic rings. The van der Waals surface area contributed by atoms with Gasteiger partial charge in [-0.3, -0.25) is 0 Å². The third-order valence-electron chi connectivity index (χ3n) is 1.72. The minimum Gasteiger partial charge on any atom is -0.385 e. The van der Waals surface area contributed by atoms with E-state index in [0.717, 1.165) is 11.4 Å². The summed E-state index contributed by atoms with van der Waals surface area (Å²) in [5.74, 6) is 0.606. The molecule has 0 radical (unpaired) electrons. The first-order chi connectivity index (χ1) is 6.13. The molecule has 1 atom stereocenters. The molecule has 1 unspecified atom stereocenters. The summed E-state index contributed by atoms with van der Waals surface area (Å²) in [6.45, 7) is 4.55. The van der Waals surface area contributed by atoms with Gasteiger partial charge in [0.2, 0.25) is 0 Å². The van der Waals surface area contributed by atoms with Crippen LogP contribution in [0.3, 0.4) is 0 Å². The number of nitrogens with zero attached hydrogens (tertiary/aromatic N) is 1. The average Bonchev–Trinajstić information content (AvgIpc) is 2.50. The van der Waals surface area contributed by atoms with Gasteiger partial charge in [0.15, 0.2) is 0 Å². The number of thiazole rings is 1. The lowest BCUT2D eigenvalue weighted by Crippen LogP contribution is -2.11. The lowest BCUT2D eigenvalue weighted by atomic mass is 10.1. The van der Waals surface area contributed by atoms with Crippen LogP contribution in [0.5, 0.6) is 0 Å². The molecule has 0 spiro atoms. The van der Waals surface area contributed by atoms with E-state index in [1.165, 1.54) is 0 Å². The van der Waals surface area contributed by atoms with E-state index in [-0.39, 0.29) is 6.54 Å². The van der Waals surface area contributed by atoms with Crippen molar-refractivity contribution in [2.24, 2.45) is 11.7 Å². The van der Waals surface area contributed by atoms with Gasteiger partial charge < -0.3 is 10.8 Å². The first-order valence-electron chi connectivity index (χ1n) is 4.46. The van der Waals surface area contributed by atoms with Gasteiger partial charge in [0.1, 0.15) is 6.10 Å². The van der Waals surface area contributed by atoms with Gasteiger partial charge in [0, 0.05) is 18.3 Å². The Kier molecular flexibility index (Phi) is 3.84. The summed E-state index contributed by atoms with van der Waals surface area (Å²) in [7, 11) is 0. The number of hydrogen-bond acceptors (Lipinski definition) is 4. The molecule has 0 saturated carbocycles. The van der Waals surface area contributed by atoms with Crippen molar-refractivity contribution in [2.75, 3.05) is 6.54 Å². The van der Waals surface area contributed by atoms with Crippen LogP contribution in [-0.4, -0.2) is 16.6 Å². The van der Waals surface area contributed by atoms with Crippen molar-refractivity contribution >= 4 is 11.3 Å². The largest absolute Gasteiger partial charge is 0.385 e. The maximum Gasteiger partial charge on any atom is 0.109 e. The normalized spacial score (nSPS) is 13.6. The van der Waals surface area contributed by atoms with Crippen LogP contribution < -0.4 is 5.73 Å². The van der Waals surface area contributed by atoms with Gasteiger partial charge >= 0.3 is 0 Å². The van der Waals surface area contributed by atoms with E-state index in [1.54, 1.807) is 11.3 Å². The molecular formula is C9H16N2OS. The molecule has 0 bridgehead atoms. The molecule has 4 heteroatoms. The molecule has 0 aromatic carbocycles. The van der Waals surface area contributed by atoms with Crippen molar-refractivity contribution in [3.63, 3.8) is 0 Å². The molecule has 0 fully saturated rings. The zero-order valence-electron chi connectivity index (χ0n) is 8.03. The summed E-state index contributed by atoms with van der Waals surface area (Å²) in [6, 6.07) is 0. The summed E-state index contributed by atoms with van der Waals surface area (Å²) < 4.78 is 0. The maximum atomic E-state index is 9.40. The van der Waals surface area contributed by atoms with Crippen molar-refractivity contribution < 1.29 is 5.11 Å². The predicted molar refractivity (Wildman–Crippen MR) is 54.7 cm³/mol. The minimum atomic E-state index is -0.600. The number of hydrogen-bond donors (Lipinski definition) is 2. The first-order valence-corrected chi connectivity index (χ1v) is 5.34. The Morgan fingerprint density at radius 2 is 2.31 bits per heavy atom. The third-order valence-corrected chi connectivity index (χ3v) is 2.61. The Morgan fingerprint density at radius 1 is 1.62 bits per heavy atom. The van der Waals surface area contributed by atoms with Gasteiger partial charge in [-0.05, 0) is 5.92 Å². The van der Waals surface area contributed by atoms with Crippen LogP contribution in [0.1, 0.15) is 30.7 Å². The molecular weight excluding hydrogens is 184 g/mol. The molecule has 3 nitrogen and oxygen atoms in total. The van der Waals surface area contributed by atoms with Crippen molar-refractivity contribution in [3.05, 3.63) is 16.1 Å². The van der Waals surface area contributed by atoms with Crippen LogP contribution >= 0.6 is 11.3 Å². The summed E-state index contributed by atoms with van der Waals surface area (Å²) in [5.41, 5.74) is 6.04. The van der Waals surface area contributed by atoms with Gasteiger partial charge in [0.05, 0.1) is 10.7 Å².